The lowest BCUT2D eigenvalue weighted by Gasteiger charge is -2.28. The number of sulfone groups is 1. The van der Waals surface area contributed by atoms with Crippen LogP contribution in [0.2, 0.25) is 5.02 Å². The van der Waals surface area contributed by atoms with E-state index in [2.05, 4.69) is 5.32 Å². The zero-order valence-electron chi connectivity index (χ0n) is 14.2. The molecule has 2 amide bonds. The molecular weight excluding hydrogens is 366 g/mol. The quantitative estimate of drug-likeness (QED) is 0.757. The molecule has 2 rings (SSSR count). The lowest BCUT2D eigenvalue weighted by Crippen LogP contribution is -2.48. The molecule has 0 saturated carbocycles. The van der Waals surface area contributed by atoms with E-state index in [1.165, 1.54) is 4.90 Å². The average molecular weight is 388 g/mol. The summed E-state index contributed by atoms with van der Waals surface area (Å²) in [5.41, 5.74) is 0.342. The van der Waals surface area contributed by atoms with Crippen LogP contribution in [-0.2, 0) is 19.4 Å². The number of halogens is 1. The highest BCUT2D eigenvalue weighted by Gasteiger charge is 2.36. The fourth-order valence-electron chi connectivity index (χ4n) is 2.65. The number of para-hydroxylation sites is 1. The van der Waals surface area contributed by atoms with Gasteiger partial charge in [0.25, 0.3) is 0 Å². The molecule has 1 atom stereocenters. The van der Waals surface area contributed by atoms with E-state index >= 15 is 0 Å². The molecule has 25 heavy (non-hydrogen) atoms. The number of rotatable bonds is 5. The monoisotopic (exact) mass is 387 g/mol. The number of likely N-dealkylation sites (N-methyl/N-ethyl adjacent to an activating group) is 1. The summed E-state index contributed by atoms with van der Waals surface area (Å²) in [5.74, 6) is -1.64. The predicted molar refractivity (Wildman–Crippen MR) is 97.4 cm³/mol. The molecule has 1 aromatic carbocycles. The van der Waals surface area contributed by atoms with E-state index in [1.54, 1.807) is 24.3 Å². The molecule has 7 nitrogen and oxygen atoms in total. The van der Waals surface area contributed by atoms with Crippen molar-refractivity contribution in [3.05, 3.63) is 29.3 Å². The molecule has 9 heteroatoms. The molecule has 0 radical (unpaired) electrons. The highest BCUT2D eigenvalue weighted by molar-refractivity contribution is 7.91. The first-order valence-corrected chi connectivity index (χ1v) is 10.1. The Hall–Kier alpha value is -1.64. The van der Waals surface area contributed by atoms with Gasteiger partial charge in [0.2, 0.25) is 0 Å². The molecule has 1 aliphatic rings. The molecule has 0 spiro atoms. The normalized spacial score (nSPS) is 19.0. The van der Waals surface area contributed by atoms with Crippen LogP contribution in [0.3, 0.4) is 0 Å². The van der Waals surface area contributed by atoms with Crippen LogP contribution in [-0.4, -0.2) is 74.8 Å². The van der Waals surface area contributed by atoms with Gasteiger partial charge < -0.3 is 15.1 Å². The van der Waals surface area contributed by atoms with Gasteiger partial charge in [-0.25, -0.2) is 8.42 Å². The van der Waals surface area contributed by atoms with E-state index in [0.717, 1.165) is 0 Å². The zero-order chi connectivity index (χ0) is 18.6. The molecule has 138 valence electrons. The summed E-state index contributed by atoms with van der Waals surface area (Å²) >= 11 is 5.99. The van der Waals surface area contributed by atoms with Crippen LogP contribution in [0.5, 0.6) is 0 Å². The molecular formula is C16H22ClN3O4S. The predicted octanol–water partition coefficient (Wildman–Crippen LogP) is 0.856. The molecule has 1 N–H and O–H groups in total. The Morgan fingerprint density at radius 2 is 1.92 bits per heavy atom. The van der Waals surface area contributed by atoms with Crippen molar-refractivity contribution in [1.29, 1.82) is 0 Å². The summed E-state index contributed by atoms with van der Waals surface area (Å²) in [4.78, 5) is 28.2. The van der Waals surface area contributed by atoms with E-state index in [-0.39, 0.29) is 18.1 Å². The lowest BCUT2D eigenvalue weighted by molar-refractivity contribution is -0.144. The van der Waals surface area contributed by atoms with Crippen molar-refractivity contribution < 1.29 is 18.0 Å². The fraction of sp³-hybridized carbons (Fsp3) is 0.500. The number of amides is 2. The number of hydrogen-bond donors (Lipinski definition) is 1. The van der Waals surface area contributed by atoms with E-state index in [4.69, 9.17) is 11.6 Å². The lowest BCUT2D eigenvalue weighted by atomic mass is 10.2. The van der Waals surface area contributed by atoms with Crippen molar-refractivity contribution in [2.45, 2.75) is 12.5 Å². The second kappa shape index (κ2) is 8.16. The highest BCUT2D eigenvalue weighted by atomic mass is 35.5. The smallest absolute Gasteiger partial charge is 0.313 e. The number of benzene rings is 1. The maximum Gasteiger partial charge on any atom is 0.313 e. The van der Waals surface area contributed by atoms with Crippen molar-refractivity contribution in [3.8, 4) is 0 Å². The molecule has 1 heterocycles. The van der Waals surface area contributed by atoms with Crippen molar-refractivity contribution in [2.24, 2.45) is 0 Å². The first-order valence-electron chi connectivity index (χ1n) is 7.91. The minimum Gasteiger partial charge on any atom is -0.329 e. The molecule has 0 aliphatic carbocycles. The van der Waals surface area contributed by atoms with Crippen molar-refractivity contribution in [2.75, 3.05) is 44.0 Å². The summed E-state index contributed by atoms with van der Waals surface area (Å²) in [6, 6.07) is 6.13. The maximum atomic E-state index is 12.6. The van der Waals surface area contributed by atoms with Crippen LogP contribution in [0.25, 0.3) is 0 Å². The van der Waals surface area contributed by atoms with Crippen LogP contribution < -0.4 is 5.32 Å². The molecule has 1 fully saturated rings. The van der Waals surface area contributed by atoms with Crippen LogP contribution in [0.4, 0.5) is 5.69 Å². The average Bonchev–Trinajstić information content (AvgIpc) is 2.89. The SMILES string of the molecule is CN(C)CCN(C(=O)C(=O)Nc1ccccc1Cl)C1CCS(=O)(=O)C1. The van der Waals surface area contributed by atoms with Gasteiger partial charge in [0.1, 0.15) is 0 Å². The third kappa shape index (κ3) is 5.42. The van der Waals surface area contributed by atoms with Gasteiger partial charge in [-0.15, -0.1) is 0 Å². The number of nitrogens with one attached hydrogen (secondary N) is 1. The standard InChI is InChI=1S/C16H22ClN3O4S/c1-19(2)8-9-20(12-7-10-25(23,24)11-12)16(22)15(21)18-14-6-4-3-5-13(14)17/h3-6,12H,7-11H2,1-2H3,(H,18,21). The van der Waals surface area contributed by atoms with Crippen molar-refractivity contribution >= 4 is 38.9 Å². The van der Waals surface area contributed by atoms with Crippen LogP contribution in [0.15, 0.2) is 24.3 Å². The Labute approximate surface area is 152 Å². The summed E-state index contributed by atoms with van der Waals surface area (Å²) in [6.45, 7) is 0.809. The second-order valence-corrected chi connectivity index (χ2v) is 8.93. The summed E-state index contributed by atoms with van der Waals surface area (Å²) < 4.78 is 23.5. The maximum absolute atomic E-state index is 12.6. The number of nitrogens with zero attached hydrogens (tertiary/aromatic N) is 2. The fourth-order valence-corrected chi connectivity index (χ4v) is 4.56. The molecule has 0 aromatic heterocycles. The van der Waals surface area contributed by atoms with Gasteiger partial charge in [-0.05, 0) is 32.6 Å². The molecule has 1 unspecified atom stereocenters. The minimum absolute atomic E-state index is 0.0372. The van der Waals surface area contributed by atoms with Gasteiger partial charge in [-0.1, -0.05) is 23.7 Å². The zero-order valence-corrected chi connectivity index (χ0v) is 15.8. The van der Waals surface area contributed by atoms with Gasteiger partial charge in [0.05, 0.1) is 22.2 Å². The topological polar surface area (TPSA) is 86.8 Å². The van der Waals surface area contributed by atoms with Gasteiger partial charge >= 0.3 is 11.8 Å². The van der Waals surface area contributed by atoms with Crippen molar-refractivity contribution in [3.63, 3.8) is 0 Å². The van der Waals surface area contributed by atoms with Gasteiger partial charge in [-0.2, -0.15) is 0 Å². The largest absolute Gasteiger partial charge is 0.329 e. The summed E-state index contributed by atoms with van der Waals surface area (Å²) in [5, 5.41) is 2.82. The van der Waals surface area contributed by atoms with Crippen LogP contribution in [0.1, 0.15) is 6.42 Å². The number of hydrogen-bond acceptors (Lipinski definition) is 5. The van der Waals surface area contributed by atoms with Crippen molar-refractivity contribution in [1.82, 2.24) is 9.80 Å². The Kier molecular flexibility index (Phi) is 6.42. The minimum atomic E-state index is -3.16. The Morgan fingerprint density at radius 1 is 1.24 bits per heavy atom. The first-order chi connectivity index (χ1) is 11.7. The Bertz CT molecular complexity index is 752. The third-order valence-corrected chi connectivity index (χ3v) is 6.09. The van der Waals surface area contributed by atoms with Gasteiger partial charge in [-0.3, -0.25) is 9.59 Å². The molecule has 1 saturated heterocycles. The molecule has 0 bridgehead atoms. The summed E-state index contributed by atoms with van der Waals surface area (Å²) in [7, 11) is 0.526. The highest BCUT2D eigenvalue weighted by Crippen LogP contribution is 2.22. The first kappa shape index (κ1) is 19.7. The van der Waals surface area contributed by atoms with E-state index in [9.17, 15) is 18.0 Å². The summed E-state index contributed by atoms with van der Waals surface area (Å²) in [6.07, 6.45) is 0.348. The van der Waals surface area contributed by atoms with Crippen LogP contribution in [0, 0.1) is 0 Å². The van der Waals surface area contributed by atoms with Crippen LogP contribution >= 0.6 is 11.6 Å². The molecule has 1 aromatic rings. The number of carbonyl (C=O) groups is 2. The third-order valence-electron chi connectivity index (χ3n) is 4.01. The number of carbonyl (C=O) groups excluding carboxylic acids is 2. The Morgan fingerprint density at radius 3 is 2.48 bits per heavy atom. The van der Waals surface area contributed by atoms with E-state index < -0.39 is 27.7 Å². The van der Waals surface area contributed by atoms with Gasteiger partial charge in [0.15, 0.2) is 9.84 Å². The second-order valence-electron chi connectivity index (χ2n) is 6.29. The van der Waals surface area contributed by atoms with E-state index in [0.29, 0.717) is 23.7 Å². The van der Waals surface area contributed by atoms with E-state index in [1.807, 2.05) is 19.0 Å². The van der Waals surface area contributed by atoms with Gasteiger partial charge in [0, 0.05) is 19.1 Å². The molecule has 1 aliphatic heterocycles. The Balaban J connectivity index is 2.13. The number of anilines is 1.